The van der Waals surface area contributed by atoms with Crippen LogP contribution in [-0.4, -0.2) is 24.8 Å². The van der Waals surface area contributed by atoms with E-state index in [-0.39, 0.29) is 6.09 Å². The lowest BCUT2D eigenvalue weighted by molar-refractivity contribution is 0.0578. The number of aryl methyl sites for hydroxylation is 1. The van der Waals surface area contributed by atoms with Gasteiger partial charge in [-0.05, 0) is 76.1 Å². The van der Waals surface area contributed by atoms with E-state index in [4.69, 9.17) is 4.74 Å². The van der Waals surface area contributed by atoms with Crippen molar-refractivity contribution in [2.75, 3.05) is 23.3 Å². The first kappa shape index (κ1) is 18.1. The zero-order valence-electron chi connectivity index (χ0n) is 15.9. The Morgan fingerprint density at radius 2 is 1.96 bits per heavy atom. The van der Waals surface area contributed by atoms with Gasteiger partial charge in [0.15, 0.2) is 0 Å². The molecule has 2 aliphatic rings. The van der Waals surface area contributed by atoms with Crippen molar-refractivity contribution in [1.29, 1.82) is 0 Å². The molecule has 0 unspecified atom stereocenters. The third-order valence-corrected chi connectivity index (χ3v) is 5.13. The number of carbonyl (C=O) groups is 1. The zero-order valence-corrected chi connectivity index (χ0v) is 15.9. The molecule has 4 heteroatoms. The van der Waals surface area contributed by atoms with Crippen molar-refractivity contribution in [3.8, 4) is 0 Å². The minimum Gasteiger partial charge on any atom is -0.443 e. The minimum atomic E-state index is -0.462. The van der Waals surface area contributed by atoms with E-state index < -0.39 is 5.60 Å². The monoisotopic (exact) mass is 344 g/mol. The number of amides is 1. The quantitative estimate of drug-likeness (QED) is 0.802. The summed E-state index contributed by atoms with van der Waals surface area (Å²) < 4.78 is 5.56. The lowest BCUT2D eigenvalue weighted by Gasteiger charge is -2.32. The van der Waals surface area contributed by atoms with E-state index in [9.17, 15) is 4.79 Å². The van der Waals surface area contributed by atoms with Crippen LogP contribution in [0.5, 0.6) is 0 Å². The molecule has 1 saturated carbocycles. The van der Waals surface area contributed by atoms with Crippen LogP contribution in [0.4, 0.5) is 16.2 Å². The fraction of sp³-hybridized carbons (Fsp3) is 0.667. The van der Waals surface area contributed by atoms with E-state index in [0.717, 1.165) is 37.5 Å². The van der Waals surface area contributed by atoms with Gasteiger partial charge in [-0.15, -0.1) is 0 Å². The average Bonchev–Trinajstić information content (AvgIpc) is 2.58. The second-order valence-electron chi connectivity index (χ2n) is 8.46. The summed E-state index contributed by atoms with van der Waals surface area (Å²) in [6.45, 7) is 7.53. The van der Waals surface area contributed by atoms with Crippen LogP contribution in [0, 0.1) is 5.92 Å². The third-order valence-electron chi connectivity index (χ3n) is 5.13. The van der Waals surface area contributed by atoms with Crippen molar-refractivity contribution in [1.82, 2.24) is 0 Å². The number of fused-ring (bicyclic) bond motifs is 1. The van der Waals surface area contributed by atoms with Gasteiger partial charge in [-0.3, -0.25) is 4.90 Å². The molecule has 1 aromatic carbocycles. The summed E-state index contributed by atoms with van der Waals surface area (Å²) in [4.78, 5) is 14.3. The van der Waals surface area contributed by atoms with Gasteiger partial charge in [0.2, 0.25) is 0 Å². The summed E-state index contributed by atoms with van der Waals surface area (Å²) in [5.41, 5.74) is 2.96. The van der Waals surface area contributed by atoms with Gasteiger partial charge >= 0.3 is 6.09 Å². The summed E-state index contributed by atoms with van der Waals surface area (Å²) in [5.74, 6) is 0.808. The maximum atomic E-state index is 12.5. The normalized spacial score (nSPS) is 18.6. The predicted octanol–water partition coefficient (Wildman–Crippen LogP) is 5.37. The maximum absolute atomic E-state index is 12.5. The molecule has 0 aromatic heterocycles. The van der Waals surface area contributed by atoms with Crippen LogP contribution in [0.25, 0.3) is 0 Å². The first-order valence-electron chi connectivity index (χ1n) is 9.80. The molecule has 0 bridgehead atoms. The van der Waals surface area contributed by atoms with Crippen LogP contribution in [-0.2, 0) is 11.2 Å². The van der Waals surface area contributed by atoms with Crippen molar-refractivity contribution in [2.45, 2.75) is 71.3 Å². The largest absolute Gasteiger partial charge is 0.443 e. The molecular weight excluding hydrogens is 312 g/mol. The number of nitrogens with zero attached hydrogens (tertiary/aromatic N) is 1. The summed E-state index contributed by atoms with van der Waals surface area (Å²) >= 11 is 0. The Morgan fingerprint density at radius 1 is 1.20 bits per heavy atom. The first-order valence-corrected chi connectivity index (χ1v) is 9.80. The average molecular weight is 344 g/mol. The molecule has 1 aliphatic carbocycles. The molecule has 0 radical (unpaired) electrons. The molecule has 1 amide bonds. The molecule has 1 aromatic rings. The number of ether oxygens (including phenoxy) is 1. The van der Waals surface area contributed by atoms with Gasteiger partial charge in [-0.25, -0.2) is 4.79 Å². The van der Waals surface area contributed by atoms with Crippen LogP contribution in [0.3, 0.4) is 0 Å². The Kier molecular flexibility index (Phi) is 5.55. The number of anilines is 2. The molecule has 138 valence electrons. The Bertz CT molecular complexity index is 600. The number of rotatable bonds is 3. The molecule has 1 aliphatic heterocycles. The smallest absolute Gasteiger partial charge is 0.414 e. The lowest BCUT2D eigenvalue weighted by Crippen LogP contribution is -2.39. The van der Waals surface area contributed by atoms with Crippen LogP contribution in [0.1, 0.15) is 64.9 Å². The molecule has 0 saturated heterocycles. The molecule has 4 nitrogen and oxygen atoms in total. The molecule has 25 heavy (non-hydrogen) atoms. The van der Waals surface area contributed by atoms with E-state index in [0.29, 0.717) is 0 Å². The van der Waals surface area contributed by atoms with Gasteiger partial charge in [0.1, 0.15) is 5.60 Å². The number of nitrogens with one attached hydrogen (secondary N) is 1. The third kappa shape index (κ3) is 4.90. The van der Waals surface area contributed by atoms with Crippen LogP contribution < -0.4 is 10.2 Å². The lowest BCUT2D eigenvalue weighted by atomic mass is 9.89. The van der Waals surface area contributed by atoms with Gasteiger partial charge in [0.05, 0.1) is 5.69 Å². The maximum Gasteiger partial charge on any atom is 0.414 e. The van der Waals surface area contributed by atoms with E-state index in [1.165, 1.54) is 43.4 Å². The Morgan fingerprint density at radius 3 is 2.68 bits per heavy atom. The van der Waals surface area contributed by atoms with Crippen molar-refractivity contribution < 1.29 is 9.53 Å². The van der Waals surface area contributed by atoms with Crippen LogP contribution in [0.15, 0.2) is 18.2 Å². The highest BCUT2D eigenvalue weighted by atomic mass is 16.6. The van der Waals surface area contributed by atoms with Gasteiger partial charge in [-0.1, -0.05) is 19.3 Å². The molecular formula is C21H32N2O2. The van der Waals surface area contributed by atoms with Gasteiger partial charge in [-0.2, -0.15) is 0 Å². The fourth-order valence-corrected chi connectivity index (χ4v) is 3.87. The molecule has 3 rings (SSSR count). The molecule has 0 atom stereocenters. The topological polar surface area (TPSA) is 41.6 Å². The molecule has 0 spiro atoms. The Balaban J connectivity index is 1.66. The minimum absolute atomic E-state index is 0.239. The van der Waals surface area contributed by atoms with E-state index >= 15 is 0 Å². The van der Waals surface area contributed by atoms with E-state index in [1.54, 1.807) is 4.90 Å². The summed E-state index contributed by atoms with van der Waals surface area (Å²) in [7, 11) is 0. The number of hydrogen-bond donors (Lipinski definition) is 1. The SMILES string of the molecule is CC(C)(C)OC(=O)N1CCCc2cc(NCC3CCCCC3)ccc21. The van der Waals surface area contributed by atoms with Crippen molar-refractivity contribution in [2.24, 2.45) is 5.92 Å². The van der Waals surface area contributed by atoms with Crippen LogP contribution in [0.2, 0.25) is 0 Å². The van der Waals surface area contributed by atoms with Crippen LogP contribution >= 0.6 is 0 Å². The zero-order chi connectivity index (χ0) is 17.9. The number of hydrogen-bond acceptors (Lipinski definition) is 3. The fourth-order valence-electron chi connectivity index (χ4n) is 3.87. The summed E-state index contributed by atoms with van der Waals surface area (Å²) in [5, 5.41) is 3.61. The number of carbonyl (C=O) groups excluding carboxylic acids is 1. The summed E-state index contributed by atoms with van der Waals surface area (Å²) in [6, 6.07) is 6.39. The first-order chi connectivity index (χ1) is 11.9. The highest BCUT2D eigenvalue weighted by molar-refractivity contribution is 5.90. The van der Waals surface area contributed by atoms with Crippen molar-refractivity contribution in [3.05, 3.63) is 23.8 Å². The predicted molar refractivity (Wildman–Crippen MR) is 103 cm³/mol. The van der Waals surface area contributed by atoms with Gasteiger partial charge < -0.3 is 10.1 Å². The highest BCUT2D eigenvalue weighted by Crippen LogP contribution is 2.31. The second-order valence-corrected chi connectivity index (χ2v) is 8.46. The van der Waals surface area contributed by atoms with E-state index in [1.807, 2.05) is 20.8 Å². The van der Waals surface area contributed by atoms with Gasteiger partial charge in [0, 0.05) is 18.8 Å². The second kappa shape index (κ2) is 7.67. The van der Waals surface area contributed by atoms with E-state index in [2.05, 4.69) is 23.5 Å². The Hall–Kier alpha value is -1.71. The summed E-state index contributed by atoms with van der Waals surface area (Å²) in [6.07, 6.45) is 8.62. The van der Waals surface area contributed by atoms with Crippen molar-refractivity contribution >= 4 is 17.5 Å². The molecule has 1 fully saturated rings. The number of benzene rings is 1. The highest BCUT2D eigenvalue weighted by Gasteiger charge is 2.27. The van der Waals surface area contributed by atoms with Gasteiger partial charge in [0.25, 0.3) is 0 Å². The molecule has 1 heterocycles. The Labute approximate surface area is 151 Å². The van der Waals surface area contributed by atoms with Crippen molar-refractivity contribution in [3.63, 3.8) is 0 Å². The standard InChI is InChI=1S/C21H32N2O2/c1-21(2,3)25-20(24)23-13-7-10-17-14-18(11-12-19(17)23)22-15-16-8-5-4-6-9-16/h11-12,14,16,22H,4-10,13,15H2,1-3H3. The molecule has 1 N–H and O–H groups in total.